The van der Waals surface area contributed by atoms with Gasteiger partial charge in [0.1, 0.15) is 16.9 Å². The number of carbonyl (C=O) groups excluding carboxylic acids is 1. The maximum absolute atomic E-state index is 13.5. The minimum atomic E-state index is -1.42. The van der Waals surface area contributed by atoms with Gasteiger partial charge in [0.25, 0.3) is 0 Å². The van der Waals surface area contributed by atoms with E-state index >= 15 is 0 Å². The van der Waals surface area contributed by atoms with Crippen molar-refractivity contribution in [3.8, 4) is 5.69 Å². The summed E-state index contributed by atoms with van der Waals surface area (Å²) in [5.74, 6) is -2.38. The number of halogens is 1. The Balaban J connectivity index is 2.70. The van der Waals surface area contributed by atoms with E-state index in [1.807, 2.05) is 0 Å². The first-order chi connectivity index (χ1) is 8.54. The summed E-state index contributed by atoms with van der Waals surface area (Å²) in [6.45, 7) is 1.62. The molecule has 0 amide bonds. The van der Waals surface area contributed by atoms with Gasteiger partial charge in [0, 0.05) is 5.69 Å². The summed E-state index contributed by atoms with van der Waals surface area (Å²) < 4.78 is 14.6. The van der Waals surface area contributed by atoms with Crippen LogP contribution in [0.2, 0.25) is 0 Å². The van der Waals surface area contributed by atoms with E-state index in [0.29, 0.717) is 12.0 Å². The van der Waals surface area contributed by atoms with E-state index in [9.17, 15) is 14.0 Å². The molecule has 0 spiro atoms. The number of carboxylic acid groups (broad SMARTS) is 1. The Morgan fingerprint density at radius 1 is 1.50 bits per heavy atom. The molecule has 0 saturated carbocycles. The molecule has 0 atom stereocenters. The Labute approximate surface area is 101 Å². The van der Waals surface area contributed by atoms with Gasteiger partial charge in [-0.05, 0) is 13.0 Å². The Kier molecular flexibility index (Phi) is 2.88. The van der Waals surface area contributed by atoms with E-state index in [1.54, 1.807) is 6.92 Å². The lowest BCUT2D eigenvalue weighted by Crippen LogP contribution is -2.11. The zero-order valence-corrected chi connectivity index (χ0v) is 9.29. The largest absolute Gasteiger partial charge is 0.478 e. The van der Waals surface area contributed by atoms with Crippen molar-refractivity contribution < 1.29 is 19.1 Å². The van der Waals surface area contributed by atoms with E-state index < -0.39 is 17.3 Å². The molecular formula is C11H8FN3O3. The fraction of sp³-hybridized carbons (Fsp3) is 0.0909. The fourth-order valence-electron chi connectivity index (χ4n) is 1.60. The Bertz CT molecular complexity index is 636. The standard InChI is InChI=1S/C11H8FN3O3/c1-6-2-7(5-16)14-15(6)9-4-13-3-8(12)10(9)11(17)18/h2-5H,1H3,(H,17,18). The molecule has 0 aliphatic carbocycles. The highest BCUT2D eigenvalue weighted by Gasteiger charge is 2.19. The predicted molar refractivity (Wildman–Crippen MR) is 58.4 cm³/mol. The quantitative estimate of drug-likeness (QED) is 0.827. The molecule has 92 valence electrons. The molecule has 0 unspecified atom stereocenters. The summed E-state index contributed by atoms with van der Waals surface area (Å²) in [6.07, 6.45) is 2.52. The topological polar surface area (TPSA) is 85.1 Å². The van der Waals surface area contributed by atoms with E-state index in [-0.39, 0.29) is 11.4 Å². The summed E-state index contributed by atoms with van der Waals surface area (Å²) >= 11 is 0. The number of rotatable bonds is 3. The van der Waals surface area contributed by atoms with Crippen molar-refractivity contribution in [1.29, 1.82) is 0 Å². The number of hydrogen-bond donors (Lipinski definition) is 1. The number of pyridine rings is 1. The molecule has 2 aromatic heterocycles. The predicted octanol–water partition coefficient (Wildman–Crippen LogP) is 1.23. The molecule has 7 heteroatoms. The Morgan fingerprint density at radius 2 is 2.22 bits per heavy atom. The van der Waals surface area contributed by atoms with E-state index in [0.717, 1.165) is 6.20 Å². The molecule has 2 heterocycles. The molecule has 1 N–H and O–H groups in total. The summed E-state index contributed by atoms with van der Waals surface area (Å²) in [5, 5.41) is 12.8. The van der Waals surface area contributed by atoms with Gasteiger partial charge in [-0.25, -0.2) is 13.9 Å². The first-order valence-electron chi connectivity index (χ1n) is 4.93. The van der Waals surface area contributed by atoms with Gasteiger partial charge in [-0.2, -0.15) is 5.10 Å². The van der Waals surface area contributed by atoms with Crippen LogP contribution in [0.4, 0.5) is 4.39 Å². The maximum Gasteiger partial charge on any atom is 0.341 e. The zero-order chi connectivity index (χ0) is 13.3. The second kappa shape index (κ2) is 4.36. The van der Waals surface area contributed by atoms with Crippen LogP contribution in [0.25, 0.3) is 5.69 Å². The number of aldehydes is 1. The highest BCUT2D eigenvalue weighted by molar-refractivity contribution is 5.92. The molecule has 0 bridgehead atoms. The van der Waals surface area contributed by atoms with Crippen LogP contribution in [0, 0.1) is 12.7 Å². The molecule has 18 heavy (non-hydrogen) atoms. The average molecular weight is 249 g/mol. The summed E-state index contributed by atoms with van der Waals surface area (Å²) in [4.78, 5) is 25.2. The van der Waals surface area contributed by atoms with E-state index in [1.165, 1.54) is 16.9 Å². The first-order valence-corrected chi connectivity index (χ1v) is 4.93. The fourth-order valence-corrected chi connectivity index (χ4v) is 1.60. The third kappa shape index (κ3) is 1.86. The molecule has 2 aromatic rings. The lowest BCUT2D eigenvalue weighted by Gasteiger charge is -2.07. The van der Waals surface area contributed by atoms with Crippen molar-refractivity contribution in [2.45, 2.75) is 6.92 Å². The minimum absolute atomic E-state index is 0.0203. The van der Waals surface area contributed by atoms with Crippen LogP contribution in [-0.4, -0.2) is 32.1 Å². The van der Waals surface area contributed by atoms with Crippen LogP contribution in [0.15, 0.2) is 18.5 Å². The van der Waals surface area contributed by atoms with Crippen LogP contribution in [-0.2, 0) is 0 Å². The third-order valence-corrected chi connectivity index (χ3v) is 2.35. The first kappa shape index (κ1) is 11.9. The molecule has 0 aliphatic rings. The molecule has 0 fully saturated rings. The molecule has 0 saturated heterocycles. The SMILES string of the molecule is Cc1cc(C=O)nn1-c1cncc(F)c1C(=O)O. The maximum atomic E-state index is 13.5. The average Bonchev–Trinajstić information content (AvgIpc) is 2.69. The van der Waals surface area contributed by atoms with Gasteiger partial charge < -0.3 is 5.11 Å². The number of carbonyl (C=O) groups is 2. The van der Waals surface area contributed by atoms with Crippen LogP contribution in [0.5, 0.6) is 0 Å². The van der Waals surface area contributed by atoms with E-state index in [4.69, 9.17) is 5.11 Å². The number of aryl methyl sites for hydroxylation is 1. The minimum Gasteiger partial charge on any atom is -0.478 e. The van der Waals surface area contributed by atoms with Crippen molar-refractivity contribution in [3.63, 3.8) is 0 Å². The third-order valence-electron chi connectivity index (χ3n) is 2.35. The number of aromatic carboxylic acids is 1. The van der Waals surface area contributed by atoms with Gasteiger partial charge in [0.2, 0.25) is 0 Å². The van der Waals surface area contributed by atoms with Crippen molar-refractivity contribution in [2.75, 3.05) is 0 Å². The van der Waals surface area contributed by atoms with Gasteiger partial charge in [-0.1, -0.05) is 0 Å². The Morgan fingerprint density at radius 3 is 2.78 bits per heavy atom. The number of aromatic nitrogens is 3. The van der Waals surface area contributed by atoms with Crippen LogP contribution in [0.1, 0.15) is 26.5 Å². The van der Waals surface area contributed by atoms with Crippen LogP contribution < -0.4 is 0 Å². The van der Waals surface area contributed by atoms with Crippen molar-refractivity contribution in [2.24, 2.45) is 0 Å². The van der Waals surface area contributed by atoms with Gasteiger partial charge in [-0.15, -0.1) is 0 Å². The number of carboxylic acids is 1. The van der Waals surface area contributed by atoms with Crippen molar-refractivity contribution in [1.82, 2.24) is 14.8 Å². The van der Waals surface area contributed by atoms with Crippen LogP contribution in [0.3, 0.4) is 0 Å². The van der Waals surface area contributed by atoms with Gasteiger partial charge in [0.15, 0.2) is 12.1 Å². The van der Waals surface area contributed by atoms with Gasteiger partial charge in [0.05, 0.1) is 12.4 Å². The molecule has 0 aliphatic heterocycles. The smallest absolute Gasteiger partial charge is 0.341 e. The molecular weight excluding hydrogens is 241 g/mol. The van der Waals surface area contributed by atoms with E-state index in [2.05, 4.69) is 10.1 Å². The highest BCUT2D eigenvalue weighted by Crippen LogP contribution is 2.18. The lowest BCUT2D eigenvalue weighted by molar-refractivity contribution is 0.0691. The second-order valence-electron chi connectivity index (χ2n) is 3.56. The number of hydrogen-bond acceptors (Lipinski definition) is 4. The monoisotopic (exact) mass is 249 g/mol. The van der Waals surface area contributed by atoms with Crippen LogP contribution >= 0.6 is 0 Å². The second-order valence-corrected chi connectivity index (χ2v) is 3.56. The lowest BCUT2D eigenvalue weighted by atomic mass is 10.2. The molecule has 0 aromatic carbocycles. The molecule has 0 radical (unpaired) electrons. The normalized spacial score (nSPS) is 10.3. The molecule has 2 rings (SSSR count). The number of nitrogens with zero attached hydrogens (tertiary/aromatic N) is 3. The van der Waals surface area contributed by atoms with Crippen molar-refractivity contribution in [3.05, 3.63) is 41.2 Å². The van der Waals surface area contributed by atoms with Gasteiger partial charge >= 0.3 is 5.97 Å². The Hall–Kier alpha value is -2.57. The summed E-state index contributed by atoms with van der Waals surface area (Å²) in [6, 6.07) is 1.46. The zero-order valence-electron chi connectivity index (χ0n) is 9.29. The molecule has 6 nitrogen and oxygen atoms in total. The van der Waals surface area contributed by atoms with Gasteiger partial charge in [-0.3, -0.25) is 9.78 Å². The summed E-state index contributed by atoms with van der Waals surface area (Å²) in [5.41, 5.74) is 0.0850. The van der Waals surface area contributed by atoms with Crippen molar-refractivity contribution >= 4 is 12.3 Å². The summed E-state index contributed by atoms with van der Waals surface area (Å²) in [7, 11) is 0. The highest BCUT2D eigenvalue weighted by atomic mass is 19.1.